The van der Waals surface area contributed by atoms with Crippen LogP contribution >= 0.6 is 0 Å². The standard InChI is InChI=1S/C11H13F3N2O/c12-11(13,14)5-4-10(17)16-7-8-2-1-3-9(15)6-8/h1-3,6H,4-5,7,15H2,(H,16,17). The largest absolute Gasteiger partial charge is 0.399 e. The van der Waals surface area contributed by atoms with Gasteiger partial charge in [-0.3, -0.25) is 4.79 Å². The van der Waals surface area contributed by atoms with E-state index in [1.165, 1.54) is 0 Å². The van der Waals surface area contributed by atoms with Gasteiger partial charge in [0.25, 0.3) is 0 Å². The van der Waals surface area contributed by atoms with Crippen LogP contribution in [0.15, 0.2) is 24.3 Å². The summed E-state index contributed by atoms with van der Waals surface area (Å²) in [7, 11) is 0. The number of anilines is 1. The molecule has 1 rings (SSSR count). The normalized spacial score (nSPS) is 11.2. The predicted molar refractivity (Wildman–Crippen MR) is 58.0 cm³/mol. The number of halogens is 3. The van der Waals surface area contributed by atoms with Crippen molar-refractivity contribution in [1.29, 1.82) is 0 Å². The fourth-order valence-electron chi connectivity index (χ4n) is 1.25. The van der Waals surface area contributed by atoms with E-state index in [1.54, 1.807) is 24.3 Å². The minimum absolute atomic E-state index is 0.182. The molecule has 0 saturated carbocycles. The molecule has 0 bridgehead atoms. The second-order valence-electron chi connectivity index (χ2n) is 3.64. The molecule has 0 radical (unpaired) electrons. The van der Waals surface area contributed by atoms with Crippen molar-refractivity contribution in [1.82, 2.24) is 5.32 Å². The maximum Gasteiger partial charge on any atom is 0.389 e. The molecule has 0 aliphatic carbocycles. The van der Waals surface area contributed by atoms with Gasteiger partial charge in [0, 0.05) is 18.7 Å². The van der Waals surface area contributed by atoms with Crippen molar-refractivity contribution in [3.8, 4) is 0 Å². The highest BCUT2D eigenvalue weighted by atomic mass is 19.4. The van der Waals surface area contributed by atoms with Gasteiger partial charge in [-0.1, -0.05) is 12.1 Å². The number of hydrogen-bond donors (Lipinski definition) is 2. The Morgan fingerprint density at radius 2 is 2.06 bits per heavy atom. The Hall–Kier alpha value is -1.72. The molecule has 3 N–H and O–H groups in total. The van der Waals surface area contributed by atoms with Gasteiger partial charge in [-0.2, -0.15) is 13.2 Å². The van der Waals surface area contributed by atoms with Crippen molar-refractivity contribution in [2.75, 3.05) is 5.73 Å². The van der Waals surface area contributed by atoms with Crippen molar-refractivity contribution >= 4 is 11.6 Å². The fourth-order valence-corrected chi connectivity index (χ4v) is 1.25. The first kappa shape index (κ1) is 13.3. The first-order valence-electron chi connectivity index (χ1n) is 5.05. The van der Waals surface area contributed by atoms with Crippen molar-refractivity contribution in [2.45, 2.75) is 25.6 Å². The molecule has 0 saturated heterocycles. The number of rotatable bonds is 4. The summed E-state index contributed by atoms with van der Waals surface area (Å²) in [5, 5.41) is 2.40. The first-order chi connectivity index (χ1) is 7.87. The molecule has 3 nitrogen and oxygen atoms in total. The smallest absolute Gasteiger partial charge is 0.389 e. The molecular formula is C11H13F3N2O. The SMILES string of the molecule is Nc1cccc(CNC(=O)CCC(F)(F)F)c1. The molecule has 1 aromatic carbocycles. The molecule has 1 aromatic rings. The van der Waals surface area contributed by atoms with Crippen LogP contribution in [0.25, 0.3) is 0 Å². The van der Waals surface area contributed by atoms with Gasteiger partial charge in [0.2, 0.25) is 5.91 Å². The third-order valence-electron chi connectivity index (χ3n) is 2.08. The molecular weight excluding hydrogens is 233 g/mol. The highest BCUT2D eigenvalue weighted by Crippen LogP contribution is 2.21. The molecule has 0 heterocycles. The van der Waals surface area contributed by atoms with Crippen LogP contribution in [0.4, 0.5) is 18.9 Å². The average Bonchev–Trinajstić information content (AvgIpc) is 2.23. The van der Waals surface area contributed by atoms with Crippen molar-refractivity contribution in [3.63, 3.8) is 0 Å². The average molecular weight is 246 g/mol. The van der Waals surface area contributed by atoms with Crippen LogP contribution in [0.1, 0.15) is 18.4 Å². The summed E-state index contributed by atoms with van der Waals surface area (Å²) in [5.74, 6) is -0.621. The van der Waals surface area contributed by atoms with Gasteiger partial charge < -0.3 is 11.1 Å². The number of alkyl halides is 3. The van der Waals surface area contributed by atoms with Crippen molar-refractivity contribution in [2.24, 2.45) is 0 Å². The fraction of sp³-hybridized carbons (Fsp3) is 0.364. The van der Waals surface area contributed by atoms with Crippen molar-refractivity contribution < 1.29 is 18.0 Å². The van der Waals surface area contributed by atoms with Gasteiger partial charge in [0.05, 0.1) is 6.42 Å². The molecule has 0 atom stereocenters. The lowest BCUT2D eigenvalue weighted by molar-refractivity contribution is -0.144. The van der Waals surface area contributed by atoms with Gasteiger partial charge in [-0.25, -0.2) is 0 Å². The zero-order valence-corrected chi connectivity index (χ0v) is 9.05. The van der Waals surface area contributed by atoms with Crippen LogP contribution in [-0.2, 0) is 11.3 Å². The van der Waals surface area contributed by atoms with Gasteiger partial charge in [-0.05, 0) is 17.7 Å². The van der Waals surface area contributed by atoms with E-state index < -0.39 is 24.9 Å². The van der Waals surface area contributed by atoms with Crippen LogP contribution in [0.2, 0.25) is 0 Å². The van der Waals surface area contributed by atoms with Gasteiger partial charge >= 0.3 is 6.18 Å². The number of nitrogens with two attached hydrogens (primary N) is 1. The summed E-state index contributed by atoms with van der Waals surface area (Å²) in [5.41, 5.74) is 6.82. The van der Waals surface area contributed by atoms with E-state index >= 15 is 0 Å². The highest BCUT2D eigenvalue weighted by Gasteiger charge is 2.27. The van der Waals surface area contributed by atoms with Gasteiger partial charge in [0.15, 0.2) is 0 Å². The maximum absolute atomic E-state index is 11.8. The van der Waals surface area contributed by atoms with Gasteiger partial charge in [0.1, 0.15) is 0 Å². The van der Waals surface area contributed by atoms with E-state index in [2.05, 4.69) is 5.32 Å². The van der Waals surface area contributed by atoms with Crippen LogP contribution in [0.3, 0.4) is 0 Å². The highest BCUT2D eigenvalue weighted by molar-refractivity contribution is 5.75. The Labute approximate surface area is 96.8 Å². The number of benzene rings is 1. The zero-order valence-electron chi connectivity index (χ0n) is 9.05. The monoisotopic (exact) mass is 246 g/mol. The minimum Gasteiger partial charge on any atom is -0.399 e. The predicted octanol–water partition coefficient (Wildman–Crippen LogP) is 2.23. The maximum atomic E-state index is 11.8. The third-order valence-corrected chi connectivity index (χ3v) is 2.08. The van der Waals surface area contributed by atoms with E-state index in [9.17, 15) is 18.0 Å². The Morgan fingerprint density at radius 3 is 2.65 bits per heavy atom. The number of carbonyl (C=O) groups excluding carboxylic acids is 1. The quantitative estimate of drug-likeness (QED) is 0.800. The van der Waals surface area contributed by atoms with E-state index in [-0.39, 0.29) is 6.54 Å². The number of carbonyl (C=O) groups is 1. The molecule has 0 fully saturated rings. The van der Waals surface area contributed by atoms with Gasteiger partial charge in [-0.15, -0.1) is 0 Å². The van der Waals surface area contributed by atoms with E-state index in [0.29, 0.717) is 5.69 Å². The zero-order chi connectivity index (χ0) is 12.9. The van der Waals surface area contributed by atoms with Crippen molar-refractivity contribution in [3.05, 3.63) is 29.8 Å². The van der Waals surface area contributed by atoms with E-state index in [4.69, 9.17) is 5.73 Å². The number of nitrogens with one attached hydrogen (secondary N) is 1. The summed E-state index contributed by atoms with van der Waals surface area (Å²) >= 11 is 0. The summed E-state index contributed by atoms with van der Waals surface area (Å²) in [4.78, 5) is 11.1. The first-order valence-corrected chi connectivity index (χ1v) is 5.05. The molecule has 0 aromatic heterocycles. The lowest BCUT2D eigenvalue weighted by Crippen LogP contribution is -2.24. The van der Waals surface area contributed by atoms with E-state index in [1.807, 2.05) is 0 Å². The summed E-state index contributed by atoms with van der Waals surface area (Å²) < 4.78 is 35.5. The second-order valence-corrected chi connectivity index (χ2v) is 3.64. The number of amides is 1. The Kier molecular flexibility index (Phi) is 4.37. The second kappa shape index (κ2) is 5.56. The Balaban J connectivity index is 2.33. The van der Waals surface area contributed by atoms with Crippen LogP contribution in [0, 0.1) is 0 Å². The third kappa shape index (κ3) is 5.79. The summed E-state index contributed by atoms with van der Waals surface area (Å²) in [6.45, 7) is 0.182. The topological polar surface area (TPSA) is 55.1 Å². The molecule has 0 aliphatic heterocycles. The summed E-state index contributed by atoms with van der Waals surface area (Å²) in [6, 6.07) is 6.80. The molecule has 0 aliphatic rings. The molecule has 17 heavy (non-hydrogen) atoms. The van der Waals surface area contributed by atoms with Crippen LogP contribution < -0.4 is 11.1 Å². The van der Waals surface area contributed by atoms with E-state index in [0.717, 1.165) is 5.56 Å². The molecule has 6 heteroatoms. The van der Waals surface area contributed by atoms with Crippen LogP contribution in [0.5, 0.6) is 0 Å². The number of nitrogen functional groups attached to an aromatic ring is 1. The number of hydrogen-bond acceptors (Lipinski definition) is 2. The molecule has 94 valence electrons. The Bertz CT molecular complexity index is 391. The van der Waals surface area contributed by atoms with Crippen LogP contribution in [-0.4, -0.2) is 12.1 Å². The lowest BCUT2D eigenvalue weighted by atomic mass is 10.2. The minimum atomic E-state index is -4.30. The summed E-state index contributed by atoms with van der Waals surface area (Å²) in [6.07, 6.45) is -5.95. The Morgan fingerprint density at radius 1 is 1.35 bits per heavy atom. The molecule has 0 spiro atoms. The molecule has 0 unspecified atom stereocenters. The lowest BCUT2D eigenvalue weighted by Gasteiger charge is -2.07. The molecule has 1 amide bonds.